The van der Waals surface area contributed by atoms with Gasteiger partial charge in [-0.1, -0.05) is 52.6 Å². The highest BCUT2D eigenvalue weighted by Gasteiger charge is 2.34. The topological polar surface area (TPSA) is 75.4 Å². The van der Waals surface area contributed by atoms with E-state index in [0.717, 1.165) is 25.7 Å². The molecule has 0 aliphatic heterocycles. The van der Waals surface area contributed by atoms with Crippen LogP contribution in [0.1, 0.15) is 76.6 Å². The molecule has 0 saturated heterocycles. The van der Waals surface area contributed by atoms with Gasteiger partial charge in [0.05, 0.1) is 6.54 Å². The monoisotopic (exact) mass is 349 g/mol. The molecule has 1 aromatic heterocycles. The Morgan fingerprint density at radius 1 is 1.32 bits per heavy atom. The standard InChI is InChI=1S/C19H31N3O3/c1-13(2)11-20-17(23)16-10-15(25-21-16)12-22(14-8-6-7-9-14)18(24)19(3,4)5/h10,13-14H,6-9,11-12H2,1-5H3,(H,20,23). The molecular weight excluding hydrogens is 318 g/mol. The quantitative estimate of drug-likeness (QED) is 0.854. The van der Waals surface area contributed by atoms with Crippen molar-refractivity contribution in [1.29, 1.82) is 0 Å². The van der Waals surface area contributed by atoms with E-state index in [1.807, 2.05) is 39.5 Å². The van der Waals surface area contributed by atoms with E-state index in [4.69, 9.17) is 4.52 Å². The first-order valence-corrected chi connectivity index (χ1v) is 9.23. The first-order valence-electron chi connectivity index (χ1n) is 9.23. The molecule has 1 aliphatic rings. The van der Waals surface area contributed by atoms with Crippen LogP contribution in [0, 0.1) is 11.3 Å². The molecule has 6 nitrogen and oxygen atoms in total. The highest BCUT2D eigenvalue weighted by molar-refractivity contribution is 5.92. The number of carbonyl (C=O) groups excluding carboxylic acids is 2. The Morgan fingerprint density at radius 2 is 1.96 bits per heavy atom. The van der Waals surface area contributed by atoms with E-state index in [2.05, 4.69) is 10.5 Å². The molecule has 1 heterocycles. The van der Waals surface area contributed by atoms with Crippen molar-refractivity contribution in [3.8, 4) is 0 Å². The lowest BCUT2D eigenvalue weighted by Crippen LogP contribution is -2.44. The third kappa shape index (κ3) is 5.31. The van der Waals surface area contributed by atoms with Gasteiger partial charge in [0.25, 0.3) is 5.91 Å². The van der Waals surface area contributed by atoms with Crippen LogP contribution in [-0.2, 0) is 11.3 Å². The largest absolute Gasteiger partial charge is 0.359 e. The first kappa shape index (κ1) is 19.5. The molecule has 0 radical (unpaired) electrons. The molecule has 0 unspecified atom stereocenters. The molecule has 1 fully saturated rings. The summed E-state index contributed by atoms with van der Waals surface area (Å²) in [6.07, 6.45) is 4.35. The Kier molecular flexibility index (Phi) is 6.25. The van der Waals surface area contributed by atoms with Gasteiger partial charge in [0, 0.05) is 24.1 Å². The molecular formula is C19H31N3O3. The Balaban J connectivity index is 2.08. The van der Waals surface area contributed by atoms with Gasteiger partial charge in [-0.25, -0.2) is 0 Å². The van der Waals surface area contributed by atoms with Gasteiger partial charge in [-0.05, 0) is 18.8 Å². The molecule has 1 aromatic rings. The highest BCUT2D eigenvalue weighted by atomic mass is 16.5. The molecule has 0 aromatic carbocycles. The number of aromatic nitrogens is 1. The second kappa shape index (κ2) is 8.02. The van der Waals surface area contributed by atoms with Gasteiger partial charge < -0.3 is 14.7 Å². The fourth-order valence-electron chi connectivity index (χ4n) is 3.06. The molecule has 2 amide bonds. The van der Waals surface area contributed by atoms with Gasteiger partial charge in [0.1, 0.15) is 0 Å². The predicted molar refractivity (Wildman–Crippen MR) is 95.9 cm³/mol. The van der Waals surface area contributed by atoms with Crippen LogP contribution in [0.5, 0.6) is 0 Å². The van der Waals surface area contributed by atoms with Crippen molar-refractivity contribution in [3.63, 3.8) is 0 Å². The van der Waals surface area contributed by atoms with Gasteiger partial charge in [-0.3, -0.25) is 9.59 Å². The average molecular weight is 349 g/mol. The number of nitrogens with one attached hydrogen (secondary N) is 1. The number of amides is 2. The van der Waals surface area contributed by atoms with Gasteiger partial charge in [0.2, 0.25) is 5.91 Å². The zero-order valence-corrected chi connectivity index (χ0v) is 16.1. The van der Waals surface area contributed by atoms with E-state index in [1.54, 1.807) is 6.07 Å². The summed E-state index contributed by atoms with van der Waals surface area (Å²) in [4.78, 5) is 26.8. The van der Waals surface area contributed by atoms with Crippen molar-refractivity contribution < 1.29 is 14.1 Å². The van der Waals surface area contributed by atoms with Crippen LogP contribution < -0.4 is 5.32 Å². The number of hydrogen-bond donors (Lipinski definition) is 1. The lowest BCUT2D eigenvalue weighted by molar-refractivity contribution is -0.143. The molecule has 1 aliphatic carbocycles. The Bertz CT molecular complexity index is 595. The Labute approximate surface area is 150 Å². The van der Waals surface area contributed by atoms with Crippen LogP contribution in [0.2, 0.25) is 0 Å². The van der Waals surface area contributed by atoms with Crippen LogP contribution in [0.4, 0.5) is 0 Å². The van der Waals surface area contributed by atoms with Crippen LogP contribution in [-0.4, -0.2) is 34.5 Å². The normalized spacial score (nSPS) is 15.6. The second-order valence-electron chi connectivity index (χ2n) is 8.40. The molecule has 25 heavy (non-hydrogen) atoms. The highest BCUT2D eigenvalue weighted by Crippen LogP contribution is 2.29. The van der Waals surface area contributed by atoms with Crippen LogP contribution in [0.25, 0.3) is 0 Å². The smallest absolute Gasteiger partial charge is 0.273 e. The van der Waals surface area contributed by atoms with Crippen molar-refractivity contribution in [3.05, 3.63) is 17.5 Å². The van der Waals surface area contributed by atoms with Gasteiger partial charge in [0.15, 0.2) is 11.5 Å². The fourth-order valence-corrected chi connectivity index (χ4v) is 3.06. The minimum Gasteiger partial charge on any atom is -0.359 e. The Morgan fingerprint density at radius 3 is 2.52 bits per heavy atom. The van der Waals surface area contributed by atoms with Crippen molar-refractivity contribution in [2.45, 2.75) is 72.9 Å². The average Bonchev–Trinajstić information content (AvgIpc) is 3.20. The molecule has 0 spiro atoms. The summed E-state index contributed by atoms with van der Waals surface area (Å²) in [7, 11) is 0. The van der Waals surface area contributed by atoms with E-state index >= 15 is 0 Å². The maximum atomic E-state index is 12.9. The SMILES string of the molecule is CC(C)CNC(=O)c1cc(CN(C(=O)C(C)(C)C)C2CCCC2)on1. The van der Waals surface area contributed by atoms with E-state index in [1.165, 1.54) is 0 Å². The summed E-state index contributed by atoms with van der Waals surface area (Å²) in [6.45, 7) is 10.8. The van der Waals surface area contributed by atoms with Crippen LogP contribution >= 0.6 is 0 Å². The van der Waals surface area contributed by atoms with Gasteiger partial charge in [-0.15, -0.1) is 0 Å². The lowest BCUT2D eigenvalue weighted by Gasteiger charge is -2.33. The molecule has 6 heteroatoms. The molecule has 1 saturated carbocycles. The fraction of sp³-hybridized carbons (Fsp3) is 0.737. The van der Waals surface area contributed by atoms with Crippen molar-refractivity contribution in [2.75, 3.05) is 6.54 Å². The van der Waals surface area contributed by atoms with Crippen molar-refractivity contribution in [1.82, 2.24) is 15.4 Å². The van der Waals surface area contributed by atoms with Crippen LogP contribution in [0.15, 0.2) is 10.6 Å². The maximum absolute atomic E-state index is 12.9. The third-order valence-corrected chi connectivity index (χ3v) is 4.46. The summed E-state index contributed by atoms with van der Waals surface area (Å²) in [5, 5.41) is 6.70. The first-order chi connectivity index (χ1) is 11.7. The lowest BCUT2D eigenvalue weighted by atomic mass is 9.93. The van der Waals surface area contributed by atoms with Crippen molar-refractivity contribution >= 4 is 11.8 Å². The Hall–Kier alpha value is -1.85. The minimum atomic E-state index is -0.444. The zero-order valence-electron chi connectivity index (χ0n) is 16.1. The number of nitrogens with zero attached hydrogens (tertiary/aromatic N) is 2. The molecule has 140 valence electrons. The van der Waals surface area contributed by atoms with E-state index in [0.29, 0.717) is 24.8 Å². The minimum absolute atomic E-state index is 0.113. The number of carbonyl (C=O) groups is 2. The number of rotatable bonds is 6. The third-order valence-electron chi connectivity index (χ3n) is 4.46. The number of hydrogen-bond acceptors (Lipinski definition) is 4. The predicted octanol–water partition coefficient (Wildman–Crippen LogP) is 3.38. The zero-order chi connectivity index (χ0) is 18.6. The van der Waals surface area contributed by atoms with Gasteiger partial charge in [-0.2, -0.15) is 0 Å². The van der Waals surface area contributed by atoms with Gasteiger partial charge >= 0.3 is 0 Å². The summed E-state index contributed by atoms with van der Waals surface area (Å²) in [5.41, 5.74) is -0.176. The van der Waals surface area contributed by atoms with E-state index in [9.17, 15) is 9.59 Å². The summed E-state index contributed by atoms with van der Waals surface area (Å²) in [5.74, 6) is 0.802. The molecule has 0 atom stereocenters. The molecule has 2 rings (SSSR count). The summed E-state index contributed by atoms with van der Waals surface area (Å²) >= 11 is 0. The van der Waals surface area contributed by atoms with E-state index < -0.39 is 5.41 Å². The van der Waals surface area contributed by atoms with Crippen molar-refractivity contribution in [2.24, 2.45) is 11.3 Å². The second-order valence-corrected chi connectivity index (χ2v) is 8.40. The summed E-state index contributed by atoms with van der Waals surface area (Å²) in [6, 6.07) is 1.89. The van der Waals surface area contributed by atoms with Crippen LogP contribution in [0.3, 0.4) is 0 Å². The molecule has 0 bridgehead atoms. The summed E-state index contributed by atoms with van der Waals surface area (Å²) < 4.78 is 5.34. The maximum Gasteiger partial charge on any atom is 0.273 e. The van der Waals surface area contributed by atoms with E-state index in [-0.39, 0.29) is 23.6 Å². The molecule has 1 N–H and O–H groups in total.